The van der Waals surface area contributed by atoms with E-state index in [0.29, 0.717) is 0 Å². The predicted octanol–water partition coefficient (Wildman–Crippen LogP) is 5.86. The first kappa shape index (κ1) is 14.5. The van der Waals surface area contributed by atoms with Crippen molar-refractivity contribution in [1.29, 1.82) is 0 Å². The SMILES string of the molecule is C(=C/c1cc2ccccc2n1Cc1ccccc1)/c1ccccc1. The van der Waals surface area contributed by atoms with Crippen molar-refractivity contribution in [3.63, 3.8) is 0 Å². The lowest BCUT2D eigenvalue weighted by atomic mass is 10.2. The Balaban J connectivity index is 1.77. The van der Waals surface area contributed by atoms with Gasteiger partial charge in [0.15, 0.2) is 0 Å². The molecule has 0 bridgehead atoms. The average Bonchev–Trinajstić information content (AvgIpc) is 2.99. The highest BCUT2D eigenvalue weighted by Gasteiger charge is 2.06. The van der Waals surface area contributed by atoms with E-state index in [0.717, 1.165) is 6.54 Å². The fraction of sp³-hybridized carbons (Fsp3) is 0.0435. The Bertz CT molecular complexity index is 963. The number of fused-ring (bicyclic) bond motifs is 1. The van der Waals surface area contributed by atoms with E-state index >= 15 is 0 Å². The topological polar surface area (TPSA) is 4.93 Å². The number of rotatable bonds is 4. The van der Waals surface area contributed by atoms with Gasteiger partial charge in [0.25, 0.3) is 0 Å². The van der Waals surface area contributed by atoms with Crippen LogP contribution in [0, 0.1) is 0 Å². The second-order valence-corrected chi connectivity index (χ2v) is 5.94. The van der Waals surface area contributed by atoms with Crippen LogP contribution in [0.2, 0.25) is 0 Å². The molecule has 1 heteroatoms. The molecule has 0 spiro atoms. The van der Waals surface area contributed by atoms with Crippen molar-refractivity contribution in [1.82, 2.24) is 4.57 Å². The Morgan fingerprint density at radius 1 is 0.667 bits per heavy atom. The second-order valence-electron chi connectivity index (χ2n) is 5.94. The summed E-state index contributed by atoms with van der Waals surface area (Å²) < 4.78 is 2.38. The Morgan fingerprint density at radius 3 is 2.12 bits per heavy atom. The van der Waals surface area contributed by atoms with Gasteiger partial charge in [-0.2, -0.15) is 0 Å². The van der Waals surface area contributed by atoms with Crippen LogP contribution in [-0.2, 0) is 6.54 Å². The maximum absolute atomic E-state index is 2.38. The Kier molecular flexibility index (Phi) is 3.99. The molecule has 0 saturated heterocycles. The molecule has 0 aliphatic heterocycles. The van der Waals surface area contributed by atoms with Crippen molar-refractivity contribution >= 4 is 23.1 Å². The van der Waals surface area contributed by atoms with Crippen LogP contribution < -0.4 is 0 Å². The molecule has 0 atom stereocenters. The lowest BCUT2D eigenvalue weighted by molar-refractivity contribution is 0.828. The van der Waals surface area contributed by atoms with Gasteiger partial charge in [-0.15, -0.1) is 0 Å². The molecule has 1 aromatic heterocycles. The van der Waals surface area contributed by atoms with Gasteiger partial charge in [0.1, 0.15) is 0 Å². The molecule has 0 N–H and O–H groups in total. The van der Waals surface area contributed by atoms with Crippen LogP contribution in [-0.4, -0.2) is 4.57 Å². The van der Waals surface area contributed by atoms with Gasteiger partial charge >= 0.3 is 0 Å². The Labute approximate surface area is 142 Å². The van der Waals surface area contributed by atoms with E-state index in [-0.39, 0.29) is 0 Å². The molecule has 24 heavy (non-hydrogen) atoms. The normalized spacial score (nSPS) is 11.3. The van der Waals surface area contributed by atoms with E-state index in [1.54, 1.807) is 0 Å². The monoisotopic (exact) mass is 309 g/mol. The van der Waals surface area contributed by atoms with Crippen LogP contribution in [0.1, 0.15) is 16.8 Å². The largest absolute Gasteiger partial charge is 0.336 e. The first-order valence-electron chi connectivity index (χ1n) is 8.25. The summed E-state index contributed by atoms with van der Waals surface area (Å²) in [6.45, 7) is 0.878. The van der Waals surface area contributed by atoms with Gasteiger partial charge in [0.2, 0.25) is 0 Å². The van der Waals surface area contributed by atoms with Crippen LogP contribution in [0.4, 0.5) is 0 Å². The molecule has 4 rings (SSSR count). The van der Waals surface area contributed by atoms with Crippen molar-refractivity contribution in [2.45, 2.75) is 6.54 Å². The quantitative estimate of drug-likeness (QED) is 0.445. The zero-order valence-electron chi connectivity index (χ0n) is 13.5. The number of para-hydroxylation sites is 1. The fourth-order valence-corrected chi connectivity index (χ4v) is 3.06. The second kappa shape index (κ2) is 6.59. The highest BCUT2D eigenvalue weighted by molar-refractivity contribution is 5.85. The molecule has 0 aliphatic rings. The Hall–Kier alpha value is -3.06. The van der Waals surface area contributed by atoms with Gasteiger partial charge in [0.05, 0.1) is 0 Å². The number of aromatic nitrogens is 1. The van der Waals surface area contributed by atoms with E-state index < -0.39 is 0 Å². The molecule has 1 heterocycles. The van der Waals surface area contributed by atoms with E-state index in [9.17, 15) is 0 Å². The zero-order chi connectivity index (χ0) is 16.2. The van der Waals surface area contributed by atoms with Gasteiger partial charge in [-0.1, -0.05) is 84.9 Å². The van der Waals surface area contributed by atoms with Gasteiger partial charge in [-0.05, 0) is 29.3 Å². The van der Waals surface area contributed by atoms with Crippen LogP contribution in [0.15, 0.2) is 91.0 Å². The fourth-order valence-electron chi connectivity index (χ4n) is 3.06. The van der Waals surface area contributed by atoms with Gasteiger partial charge in [-0.3, -0.25) is 0 Å². The van der Waals surface area contributed by atoms with Crippen molar-refractivity contribution in [2.75, 3.05) is 0 Å². The predicted molar refractivity (Wildman–Crippen MR) is 103 cm³/mol. The van der Waals surface area contributed by atoms with E-state index in [2.05, 4.69) is 102 Å². The molecule has 4 aromatic rings. The first-order chi connectivity index (χ1) is 11.9. The highest BCUT2D eigenvalue weighted by Crippen LogP contribution is 2.23. The molecule has 3 aromatic carbocycles. The summed E-state index contributed by atoms with van der Waals surface area (Å²) in [5.41, 5.74) is 5.03. The molecular formula is C23H19N. The summed E-state index contributed by atoms with van der Waals surface area (Å²) in [6, 6.07) is 31.9. The first-order valence-corrected chi connectivity index (χ1v) is 8.25. The molecule has 0 radical (unpaired) electrons. The molecular weight excluding hydrogens is 290 g/mol. The van der Waals surface area contributed by atoms with Crippen molar-refractivity contribution < 1.29 is 0 Å². The Morgan fingerprint density at radius 2 is 1.33 bits per heavy atom. The summed E-state index contributed by atoms with van der Waals surface area (Å²) in [5.74, 6) is 0. The summed E-state index contributed by atoms with van der Waals surface area (Å²) in [5, 5.41) is 1.28. The van der Waals surface area contributed by atoms with Gasteiger partial charge in [-0.25, -0.2) is 0 Å². The van der Waals surface area contributed by atoms with Gasteiger partial charge in [0, 0.05) is 23.1 Å². The maximum atomic E-state index is 2.38. The molecule has 0 saturated carbocycles. The van der Waals surface area contributed by atoms with E-state index in [4.69, 9.17) is 0 Å². The third kappa shape index (κ3) is 3.02. The third-order valence-corrected chi connectivity index (χ3v) is 4.27. The minimum Gasteiger partial charge on any atom is -0.336 e. The minimum absolute atomic E-state index is 0.878. The van der Waals surface area contributed by atoms with Crippen molar-refractivity contribution in [3.05, 3.63) is 108 Å². The van der Waals surface area contributed by atoms with Crippen LogP contribution >= 0.6 is 0 Å². The molecule has 1 nitrogen and oxygen atoms in total. The number of hydrogen-bond donors (Lipinski definition) is 0. The van der Waals surface area contributed by atoms with Crippen molar-refractivity contribution in [2.24, 2.45) is 0 Å². The number of hydrogen-bond acceptors (Lipinski definition) is 0. The minimum atomic E-state index is 0.878. The molecule has 0 unspecified atom stereocenters. The lowest BCUT2D eigenvalue weighted by Gasteiger charge is -2.09. The zero-order valence-corrected chi connectivity index (χ0v) is 13.5. The summed E-state index contributed by atoms with van der Waals surface area (Å²) in [6.07, 6.45) is 4.38. The summed E-state index contributed by atoms with van der Waals surface area (Å²) >= 11 is 0. The van der Waals surface area contributed by atoms with Crippen LogP contribution in [0.3, 0.4) is 0 Å². The molecule has 0 fully saturated rings. The van der Waals surface area contributed by atoms with Crippen molar-refractivity contribution in [3.8, 4) is 0 Å². The maximum Gasteiger partial charge on any atom is 0.0488 e. The van der Waals surface area contributed by atoms with Crippen LogP contribution in [0.5, 0.6) is 0 Å². The number of benzene rings is 3. The summed E-state index contributed by atoms with van der Waals surface area (Å²) in [7, 11) is 0. The molecule has 0 amide bonds. The summed E-state index contributed by atoms with van der Waals surface area (Å²) in [4.78, 5) is 0. The van der Waals surface area contributed by atoms with E-state index in [1.165, 1.54) is 27.7 Å². The highest BCUT2D eigenvalue weighted by atomic mass is 15.0. The average molecular weight is 309 g/mol. The standard InChI is InChI=1S/C23H19N/c1-3-9-19(10-4-1)15-16-22-17-21-13-7-8-14-23(21)24(22)18-20-11-5-2-6-12-20/h1-17H,18H2/b16-15-. The molecule has 116 valence electrons. The number of nitrogens with zero attached hydrogens (tertiary/aromatic N) is 1. The molecule has 0 aliphatic carbocycles. The smallest absolute Gasteiger partial charge is 0.0488 e. The van der Waals surface area contributed by atoms with Gasteiger partial charge < -0.3 is 4.57 Å². The van der Waals surface area contributed by atoms with E-state index in [1.807, 2.05) is 6.07 Å². The lowest BCUT2D eigenvalue weighted by Crippen LogP contribution is -2.01. The third-order valence-electron chi connectivity index (χ3n) is 4.27. The van der Waals surface area contributed by atoms with Crippen LogP contribution in [0.25, 0.3) is 23.1 Å².